The van der Waals surface area contributed by atoms with Gasteiger partial charge in [-0.05, 0) is 32.6 Å². The maximum Gasteiger partial charge on any atom is 0.239 e. The number of halogens is 1. The second kappa shape index (κ2) is 7.87. The Morgan fingerprint density at radius 2 is 2.31 bits per heavy atom. The Morgan fingerprint density at radius 1 is 1.62 bits per heavy atom. The van der Waals surface area contributed by atoms with Crippen LogP contribution < -0.4 is 5.73 Å². The molecule has 96 valence electrons. The zero-order valence-corrected chi connectivity index (χ0v) is 11.0. The van der Waals surface area contributed by atoms with Crippen LogP contribution >= 0.6 is 12.4 Å². The molecule has 0 aliphatic carbocycles. The number of nitrogens with two attached hydrogens (primary N) is 1. The average Bonchev–Trinajstić information content (AvgIpc) is 2.25. The Kier molecular flexibility index (Phi) is 7.72. The average molecular weight is 251 g/mol. The van der Waals surface area contributed by atoms with Crippen molar-refractivity contribution in [1.29, 1.82) is 0 Å². The molecule has 0 aromatic carbocycles. The van der Waals surface area contributed by atoms with Gasteiger partial charge in [-0.2, -0.15) is 0 Å². The van der Waals surface area contributed by atoms with Gasteiger partial charge in [-0.15, -0.1) is 12.4 Å². The summed E-state index contributed by atoms with van der Waals surface area (Å²) in [5.41, 5.74) is 5.59. The number of hydrogen-bond donors (Lipinski definition) is 1. The summed E-state index contributed by atoms with van der Waals surface area (Å²) in [4.78, 5) is 13.6. The van der Waals surface area contributed by atoms with Crippen molar-refractivity contribution in [2.75, 3.05) is 26.3 Å². The lowest BCUT2D eigenvalue weighted by Crippen LogP contribution is -2.47. The molecular formula is C11H23ClN2O2. The predicted octanol–water partition coefficient (Wildman–Crippen LogP) is 1.03. The maximum absolute atomic E-state index is 11.7. The highest BCUT2D eigenvalue weighted by Crippen LogP contribution is 2.17. The Morgan fingerprint density at radius 3 is 2.88 bits per heavy atom. The normalized spacial score (nSPS) is 22.4. The van der Waals surface area contributed by atoms with Gasteiger partial charge in [-0.25, -0.2) is 0 Å². The minimum atomic E-state index is -0.379. The molecule has 1 rings (SSSR count). The molecule has 16 heavy (non-hydrogen) atoms. The molecule has 1 amide bonds. The highest BCUT2D eigenvalue weighted by Gasteiger charge is 2.25. The number of ether oxygens (including phenoxy) is 1. The number of piperidine rings is 1. The Balaban J connectivity index is 0.00000225. The fraction of sp³-hybridized carbons (Fsp3) is 0.909. The van der Waals surface area contributed by atoms with Gasteiger partial charge in [-0.3, -0.25) is 4.79 Å². The summed E-state index contributed by atoms with van der Waals surface area (Å²) < 4.78 is 5.39. The van der Waals surface area contributed by atoms with E-state index in [4.69, 9.17) is 10.5 Å². The van der Waals surface area contributed by atoms with Crippen LogP contribution in [0.1, 0.15) is 26.7 Å². The number of amides is 1. The SMILES string of the molecule is CCOCC1CCCN(C(=O)[C@H](C)N)C1.Cl. The fourth-order valence-corrected chi connectivity index (χ4v) is 1.97. The van der Waals surface area contributed by atoms with Crippen LogP contribution in [0.5, 0.6) is 0 Å². The summed E-state index contributed by atoms with van der Waals surface area (Å²) in [5, 5.41) is 0. The number of likely N-dealkylation sites (tertiary alicyclic amines) is 1. The van der Waals surface area contributed by atoms with Crippen molar-refractivity contribution in [3.63, 3.8) is 0 Å². The summed E-state index contributed by atoms with van der Waals surface area (Å²) in [6, 6.07) is -0.379. The van der Waals surface area contributed by atoms with Crippen LogP contribution in [0.25, 0.3) is 0 Å². The molecule has 1 unspecified atom stereocenters. The molecular weight excluding hydrogens is 228 g/mol. The predicted molar refractivity (Wildman–Crippen MR) is 66.7 cm³/mol. The molecule has 1 aliphatic heterocycles. The molecule has 1 heterocycles. The molecule has 2 atom stereocenters. The van der Waals surface area contributed by atoms with Gasteiger partial charge in [0.15, 0.2) is 0 Å². The van der Waals surface area contributed by atoms with Crippen molar-refractivity contribution < 1.29 is 9.53 Å². The van der Waals surface area contributed by atoms with Crippen LogP contribution in [0.3, 0.4) is 0 Å². The lowest BCUT2D eigenvalue weighted by Gasteiger charge is -2.33. The van der Waals surface area contributed by atoms with E-state index in [1.54, 1.807) is 6.92 Å². The van der Waals surface area contributed by atoms with Crippen LogP contribution in [-0.2, 0) is 9.53 Å². The molecule has 0 aromatic rings. The van der Waals surface area contributed by atoms with E-state index < -0.39 is 0 Å². The smallest absolute Gasteiger partial charge is 0.239 e. The van der Waals surface area contributed by atoms with Crippen molar-refractivity contribution in [1.82, 2.24) is 4.90 Å². The van der Waals surface area contributed by atoms with Gasteiger partial charge < -0.3 is 15.4 Å². The molecule has 0 spiro atoms. The van der Waals surface area contributed by atoms with E-state index in [0.717, 1.165) is 39.1 Å². The quantitative estimate of drug-likeness (QED) is 0.811. The van der Waals surface area contributed by atoms with Gasteiger partial charge >= 0.3 is 0 Å². The lowest BCUT2D eigenvalue weighted by atomic mass is 9.98. The van der Waals surface area contributed by atoms with Gasteiger partial charge in [0.25, 0.3) is 0 Å². The fourth-order valence-electron chi connectivity index (χ4n) is 1.97. The monoisotopic (exact) mass is 250 g/mol. The van der Waals surface area contributed by atoms with E-state index in [-0.39, 0.29) is 24.4 Å². The number of carbonyl (C=O) groups excluding carboxylic acids is 1. The first-order chi connectivity index (χ1) is 7.15. The van der Waals surface area contributed by atoms with E-state index in [1.165, 1.54) is 0 Å². The van der Waals surface area contributed by atoms with Crippen molar-refractivity contribution in [3.05, 3.63) is 0 Å². The maximum atomic E-state index is 11.7. The Labute approximate surface area is 104 Å². The van der Waals surface area contributed by atoms with Crippen LogP contribution in [0.15, 0.2) is 0 Å². The summed E-state index contributed by atoms with van der Waals surface area (Å²) in [6.07, 6.45) is 2.22. The summed E-state index contributed by atoms with van der Waals surface area (Å²) in [7, 11) is 0. The molecule has 1 aliphatic rings. The van der Waals surface area contributed by atoms with Crippen LogP contribution in [0.2, 0.25) is 0 Å². The summed E-state index contributed by atoms with van der Waals surface area (Å²) in [6.45, 7) is 6.91. The Bertz CT molecular complexity index is 212. The molecule has 2 N–H and O–H groups in total. The van der Waals surface area contributed by atoms with E-state index in [2.05, 4.69) is 0 Å². The van der Waals surface area contributed by atoms with Gasteiger partial charge in [0.05, 0.1) is 12.6 Å². The molecule has 4 nitrogen and oxygen atoms in total. The third-order valence-electron chi connectivity index (χ3n) is 2.78. The number of carbonyl (C=O) groups is 1. The topological polar surface area (TPSA) is 55.6 Å². The largest absolute Gasteiger partial charge is 0.381 e. The third-order valence-corrected chi connectivity index (χ3v) is 2.78. The minimum Gasteiger partial charge on any atom is -0.381 e. The summed E-state index contributed by atoms with van der Waals surface area (Å²) >= 11 is 0. The standard InChI is InChI=1S/C11H22N2O2.ClH/c1-3-15-8-10-5-4-6-13(7-10)11(14)9(2)12;/h9-10H,3-8,12H2,1-2H3;1H/t9-,10?;/m0./s1. The van der Waals surface area contributed by atoms with E-state index in [9.17, 15) is 4.79 Å². The van der Waals surface area contributed by atoms with E-state index >= 15 is 0 Å². The molecule has 0 radical (unpaired) electrons. The van der Waals surface area contributed by atoms with Crippen molar-refractivity contribution in [3.8, 4) is 0 Å². The first-order valence-corrected chi connectivity index (χ1v) is 5.77. The van der Waals surface area contributed by atoms with E-state index in [0.29, 0.717) is 5.92 Å². The molecule has 1 saturated heterocycles. The number of nitrogens with zero attached hydrogens (tertiary/aromatic N) is 1. The molecule has 5 heteroatoms. The van der Waals surface area contributed by atoms with Crippen LogP contribution in [0.4, 0.5) is 0 Å². The highest BCUT2D eigenvalue weighted by atomic mass is 35.5. The molecule has 0 saturated carbocycles. The first-order valence-electron chi connectivity index (χ1n) is 5.77. The minimum absolute atomic E-state index is 0. The zero-order valence-electron chi connectivity index (χ0n) is 10.1. The molecule has 0 aromatic heterocycles. The van der Waals surface area contributed by atoms with Crippen LogP contribution in [0, 0.1) is 5.92 Å². The van der Waals surface area contributed by atoms with Gasteiger partial charge in [0, 0.05) is 19.7 Å². The van der Waals surface area contributed by atoms with Gasteiger partial charge in [-0.1, -0.05) is 0 Å². The lowest BCUT2D eigenvalue weighted by molar-refractivity contribution is -0.134. The van der Waals surface area contributed by atoms with Crippen molar-refractivity contribution >= 4 is 18.3 Å². The summed E-state index contributed by atoms with van der Waals surface area (Å²) in [5.74, 6) is 0.553. The van der Waals surface area contributed by atoms with Gasteiger partial charge in [0.2, 0.25) is 5.91 Å². The number of rotatable bonds is 4. The third kappa shape index (κ3) is 4.68. The first kappa shape index (κ1) is 15.7. The Hall–Kier alpha value is -0.320. The molecule has 1 fully saturated rings. The van der Waals surface area contributed by atoms with Crippen LogP contribution in [-0.4, -0.2) is 43.2 Å². The zero-order chi connectivity index (χ0) is 11.3. The number of hydrogen-bond acceptors (Lipinski definition) is 3. The highest BCUT2D eigenvalue weighted by molar-refractivity contribution is 5.85. The van der Waals surface area contributed by atoms with Gasteiger partial charge in [0.1, 0.15) is 0 Å². The van der Waals surface area contributed by atoms with E-state index in [1.807, 2.05) is 11.8 Å². The second-order valence-corrected chi connectivity index (χ2v) is 4.24. The second-order valence-electron chi connectivity index (χ2n) is 4.24. The molecule has 0 bridgehead atoms. The van der Waals surface area contributed by atoms with Crippen molar-refractivity contribution in [2.45, 2.75) is 32.7 Å². The van der Waals surface area contributed by atoms with Crippen molar-refractivity contribution in [2.24, 2.45) is 11.7 Å².